The lowest BCUT2D eigenvalue weighted by Crippen LogP contribution is -2.24. The van der Waals surface area contributed by atoms with Crippen LogP contribution in [0.5, 0.6) is 0 Å². The van der Waals surface area contributed by atoms with Gasteiger partial charge in [-0.2, -0.15) is 0 Å². The fraction of sp³-hybridized carbons (Fsp3) is 0.235. The Labute approximate surface area is 120 Å². The molecule has 104 valence electrons. The molecule has 0 bridgehead atoms. The highest BCUT2D eigenvalue weighted by atomic mass is 16.2. The third-order valence-electron chi connectivity index (χ3n) is 3.38. The molecule has 0 aliphatic rings. The fourth-order valence-corrected chi connectivity index (χ4v) is 2.18. The van der Waals surface area contributed by atoms with Crippen molar-refractivity contribution in [1.29, 1.82) is 0 Å². The molecule has 0 aromatic heterocycles. The standard InChI is InChI=1S/C17H20N2O/c1-4-13-5-7-14(8-6-13)16-10-9-15(11-12(16)2)19-17(20)18-3/h5-11H,4H2,1-3H3,(H2,18,19,20). The number of benzene rings is 2. The Hall–Kier alpha value is -2.29. The van der Waals surface area contributed by atoms with E-state index in [2.05, 4.69) is 48.7 Å². The van der Waals surface area contributed by atoms with Crippen LogP contribution >= 0.6 is 0 Å². The van der Waals surface area contributed by atoms with Crippen LogP contribution in [0.25, 0.3) is 11.1 Å². The average molecular weight is 268 g/mol. The largest absolute Gasteiger partial charge is 0.341 e. The van der Waals surface area contributed by atoms with E-state index in [0.717, 1.165) is 17.7 Å². The van der Waals surface area contributed by atoms with Crippen LogP contribution in [0, 0.1) is 6.92 Å². The van der Waals surface area contributed by atoms with Crippen LogP contribution in [0.4, 0.5) is 10.5 Å². The topological polar surface area (TPSA) is 41.1 Å². The molecule has 2 N–H and O–H groups in total. The molecular weight excluding hydrogens is 248 g/mol. The lowest BCUT2D eigenvalue weighted by Gasteiger charge is -2.10. The summed E-state index contributed by atoms with van der Waals surface area (Å²) < 4.78 is 0. The first kappa shape index (κ1) is 14.1. The van der Waals surface area contributed by atoms with Gasteiger partial charge in [0.25, 0.3) is 0 Å². The maximum Gasteiger partial charge on any atom is 0.318 e. The van der Waals surface area contributed by atoms with E-state index < -0.39 is 0 Å². The van der Waals surface area contributed by atoms with Gasteiger partial charge < -0.3 is 10.6 Å². The molecule has 0 radical (unpaired) electrons. The van der Waals surface area contributed by atoms with Crippen molar-refractivity contribution in [2.24, 2.45) is 0 Å². The van der Waals surface area contributed by atoms with Gasteiger partial charge >= 0.3 is 6.03 Å². The normalized spacial score (nSPS) is 10.2. The summed E-state index contributed by atoms with van der Waals surface area (Å²) in [6.07, 6.45) is 1.05. The van der Waals surface area contributed by atoms with E-state index in [-0.39, 0.29) is 6.03 Å². The number of hydrogen-bond acceptors (Lipinski definition) is 1. The molecule has 2 amide bonds. The van der Waals surface area contributed by atoms with Gasteiger partial charge in [-0.05, 0) is 47.7 Å². The first-order valence-electron chi connectivity index (χ1n) is 6.82. The molecule has 0 fully saturated rings. The molecular formula is C17H20N2O. The maximum absolute atomic E-state index is 11.3. The van der Waals surface area contributed by atoms with Gasteiger partial charge in [0.05, 0.1) is 0 Å². The highest BCUT2D eigenvalue weighted by Gasteiger charge is 2.05. The lowest BCUT2D eigenvalue weighted by atomic mass is 9.98. The number of amides is 2. The zero-order chi connectivity index (χ0) is 14.5. The predicted octanol–water partition coefficient (Wildman–Crippen LogP) is 3.98. The van der Waals surface area contributed by atoms with Crippen molar-refractivity contribution in [2.45, 2.75) is 20.3 Å². The highest BCUT2D eigenvalue weighted by Crippen LogP contribution is 2.26. The van der Waals surface area contributed by atoms with E-state index in [0.29, 0.717) is 0 Å². The molecule has 0 saturated carbocycles. The zero-order valence-electron chi connectivity index (χ0n) is 12.2. The van der Waals surface area contributed by atoms with Crippen molar-refractivity contribution < 1.29 is 4.79 Å². The second-order valence-corrected chi connectivity index (χ2v) is 4.78. The number of rotatable bonds is 3. The van der Waals surface area contributed by atoms with Gasteiger partial charge in [0.15, 0.2) is 0 Å². The molecule has 0 aliphatic carbocycles. The van der Waals surface area contributed by atoms with Gasteiger partial charge in [-0.25, -0.2) is 4.79 Å². The SMILES string of the molecule is CCc1ccc(-c2ccc(NC(=O)NC)cc2C)cc1. The number of anilines is 1. The fourth-order valence-electron chi connectivity index (χ4n) is 2.18. The Morgan fingerprint density at radius 1 is 1.10 bits per heavy atom. The quantitative estimate of drug-likeness (QED) is 0.868. The average Bonchev–Trinajstić information content (AvgIpc) is 2.47. The van der Waals surface area contributed by atoms with Gasteiger partial charge in [-0.15, -0.1) is 0 Å². The molecule has 0 spiro atoms. The van der Waals surface area contributed by atoms with E-state index in [4.69, 9.17) is 0 Å². The summed E-state index contributed by atoms with van der Waals surface area (Å²) in [5.74, 6) is 0. The third kappa shape index (κ3) is 3.18. The van der Waals surface area contributed by atoms with Gasteiger partial charge in [-0.3, -0.25) is 0 Å². The summed E-state index contributed by atoms with van der Waals surface area (Å²) in [6.45, 7) is 4.21. The van der Waals surface area contributed by atoms with Crippen LogP contribution in [0.1, 0.15) is 18.1 Å². The second kappa shape index (κ2) is 6.24. The van der Waals surface area contributed by atoms with Gasteiger partial charge in [0, 0.05) is 12.7 Å². The van der Waals surface area contributed by atoms with Crippen LogP contribution in [-0.2, 0) is 6.42 Å². The number of nitrogens with one attached hydrogen (secondary N) is 2. The molecule has 20 heavy (non-hydrogen) atoms. The van der Waals surface area contributed by atoms with E-state index in [1.54, 1.807) is 7.05 Å². The first-order valence-corrected chi connectivity index (χ1v) is 6.82. The Bertz CT molecular complexity index is 603. The minimum Gasteiger partial charge on any atom is -0.341 e. The molecule has 0 saturated heterocycles. The van der Waals surface area contributed by atoms with E-state index in [9.17, 15) is 4.79 Å². The Morgan fingerprint density at radius 2 is 1.80 bits per heavy atom. The summed E-state index contributed by atoms with van der Waals surface area (Å²) in [5.41, 5.74) is 5.67. The first-order chi connectivity index (χ1) is 9.63. The van der Waals surface area contributed by atoms with Crippen LogP contribution in [0.2, 0.25) is 0 Å². The molecule has 3 heteroatoms. The molecule has 2 rings (SSSR count). The summed E-state index contributed by atoms with van der Waals surface area (Å²) >= 11 is 0. The van der Waals surface area contributed by atoms with E-state index in [1.165, 1.54) is 16.7 Å². The molecule has 2 aromatic carbocycles. The Balaban J connectivity index is 2.26. The van der Waals surface area contributed by atoms with Gasteiger partial charge in [-0.1, -0.05) is 37.3 Å². The minimum atomic E-state index is -0.204. The molecule has 0 heterocycles. The van der Waals surface area contributed by atoms with Gasteiger partial charge in [0.1, 0.15) is 0 Å². The van der Waals surface area contributed by atoms with Crippen molar-refractivity contribution in [2.75, 3.05) is 12.4 Å². The zero-order valence-corrected chi connectivity index (χ0v) is 12.2. The number of hydrogen-bond donors (Lipinski definition) is 2. The number of carbonyl (C=O) groups excluding carboxylic acids is 1. The van der Waals surface area contributed by atoms with Crippen LogP contribution in [0.3, 0.4) is 0 Å². The molecule has 0 atom stereocenters. The minimum absolute atomic E-state index is 0.204. The van der Waals surface area contributed by atoms with Crippen molar-refractivity contribution in [3.8, 4) is 11.1 Å². The smallest absolute Gasteiger partial charge is 0.318 e. The van der Waals surface area contributed by atoms with E-state index >= 15 is 0 Å². The van der Waals surface area contributed by atoms with Crippen LogP contribution in [0.15, 0.2) is 42.5 Å². The number of carbonyl (C=O) groups is 1. The van der Waals surface area contributed by atoms with Crippen molar-refractivity contribution in [3.63, 3.8) is 0 Å². The monoisotopic (exact) mass is 268 g/mol. The van der Waals surface area contributed by atoms with Crippen LogP contribution < -0.4 is 10.6 Å². The van der Waals surface area contributed by atoms with Crippen LogP contribution in [-0.4, -0.2) is 13.1 Å². The summed E-state index contributed by atoms with van der Waals surface area (Å²) in [4.78, 5) is 11.3. The summed E-state index contributed by atoms with van der Waals surface area (Å²) in [6, 6.07) is 14.4. The summed E-state index contributed by atoms with van der Waals surface area (Å²) in [5, 5.41) is 5.32. The number of aryl methyl sites for hydroxylation is 2. The molecule has 0 unspecified atom stereocenters. The van der Waals surface area contributed by atoms with Gasteiger partial charge in [0.2, 0.25) is 0 Å². The molecule has 3 nitrogen and oxygen atoms in total. The molecule has 0 aliphatic heterocycles. The van der Waals surface area contributed by atoms with E-state index in [1.807, 2.05) is 18.2 Å². The highest BCUT2D eigenvalue weighted by molar-refractivity contribution is 5.89. The number of urea groups is 1. The van der Waals surface area contributed by atoms with Crippen molar-refractivity contribution >= 4 is 11.7 Å². The summed E-state index contributed by atoms with van der Waals surface area (Å²) in [7, 11) is 1.60. The molecule has 2 aromatic rings. The second-order valence-electron chi connectivity index (χ2n) is 4.78. The van der Waals surface area contributed by atoms with Crippen molar-refractivity contribution in [1.82, 2.24) is 5.32 Å². The lowest BCUT2D eigenvalue weighted by molar-refractivity contribution is 0.254. The predicted molar refractivity (Wildman–Crippen MR) is 84.1 cm³/mol. The Morgan fingerprint density at radius 3 is 2.35 bits per heavy atom. The Kier molecular flexibility index (Phi) is 4.41. The third-order valence-corrected chi connectivity index (χ3v) is 3.38. The maximum atomic E-state index is 11.3. The van der Waals surface area contributed by atoms with Crippen molar-refractivity contribution in [3.05, 3.63) is 53.6 Å².